The number of pyridine rings is 1. The molecule has 2 atom stereocenters. The number of hydrogen-bond acceptors (Lipinski definition) is 3. The summed E-state index contributed by atoms with van der Waals surface area (Å²) in [5, 5.41) is 1.18. The summed E-state index contributed by atoms with van der Waals surface area (Å²) in [6.45, 7) is 0.369. The number of ether oxygens (including phenoxy) is 1. The van der Waals surface area contributed by atoms with Crippen molar-refractivity contribution in [2.45, 2.75) is 43.7 Å². The molecule has 1 amide bonds. The van der Waals surface area contributed by atoms with Crippen LogP contribution in [0.4, 0.5) is 4.79 Å². The van der Waals surface area contributed by atoms with Gasteiger partial charge in [0, 0.05) is 23.5 Å². The maximum absolute atomic E-state index is 13.5. The molecule has 0 saturated carbocycles. The Hall–Kier alpha value is -3.92. The van der Waals surface area contributed by atoms with Gasteiger partial charge in [-0.2, -0.15) is 0 Å². The average molecular weight is 473 g/mol. The van der Waals surface area contributed by atoms with Crippen LogP contribution in [-0.2, 0) is 4.74 Å². The second-order valence-corrected chi connectivity index (χ2v) is 10.1. The van der Waals surface area contributed by atoms with E-state index in [9.17, 15) is 4.79 Å². The molecular formula is C32H28N2O2. The molecule has 3 aliphatic rings. The molecule has 1 fully saturated rings. The van der Waals surface area contributed by atoms with Gasteiger partial charge in [0.1, 0.15) is 6.61 Å². The molecule has 1 aliphatic carbocycles. The van der Waals surface area contributed by atoms with Crippen molar-refractivity contribution in [2.75, 3.05) is 6.61 Å². The monoisotopic (exact) mass is 472 g/mol. The first-order valence-corrected chi connectivity index (χ1v) is 13.0. The summed E-state index contributed by atoms with van der Waals surface area (Å²) in [6.07, 6.45) is 8.01. The number of para-hydroxylation sites is 1. The summed E-state index contributed by atoms with van der Waals surface area (Å²) in [6, 6.07) is 27.6. The summed E-state index contributed by atoms with van der Waals surface area (Å²) < 4.78 is 6.07. The Morgan fingerprint density at radius 1 is 0.861 bits per heavy atom. The van der Waals surface area contributed by atoms with Crippen LogP contribution in [-0.4, -0.2) is 34.7 Å². The van der Waals surface area contributed by atoms with Crippen LogP contribution in [0.5, 0.6) is 0 Å². The van der Waals surface area contributed by atoms with Gasteiger partial charge in [-0.3, -0.25) is 9.88 Å². The van der Waals surface area contributed by atoms with Crippen LogP contribution in [0.3, 0.4) is 0 Å². The van der Waals surface area contributed by atoms with Gasteiger partial charge < -0.3 is 4.74 Å². The third-order valence-electron chi connectivity index (χ3n) is 8.18. The molecule has 0 spiro atoms. The fourth-order valence-electron chi connectivity index (χ4n) is 6.56. The molecule has 3 aromatic carbocycles. The number of carbonyl (C=O) groups is 1. The highest BCUT2D eigenvalue weighted by Crippen LogP contribution is 2.45. The van der Waals surface area contributed by atoms with Crippen molar-refractivity contribution in [1.29, 1.82) is 0 Å². The van der Waals surface area contributed by atoms with Crippen molar-refractivity contribution in [2.24, 2.45) is 0 Å². The van der Waals surface area contributed by atoms with Crippen molar-refractivity contribution in [3.63, 3.8) is 0 Å². The second-order valence-electron chi connectivity index (χ2n) is 10.1. The van der Waals surface area contributed by atoms with Gasteiger partial charge in [-0.15, -0.1) is 0 Å². The second kappa shape index (κ2) is 8.63. The molecule has 4 heteroatoms. The van der Waals surface area contributed by atoms with Gasteiger partial charge in [0.25, 0.3) is 0 Å². The van der Waals surface area contributed by atoms with E-state index in [1.807, 2.05) is 17.2 Å². The van der Waals surface area contributed by atoms with E-state index in [2.05, 4.69) is 83.9 Å². The minimum Gasteiger partial charge on any atom is -0.448 e. The topological polar surface area (TPSA) is 42.4 Å². The zero-order chi connectivity index (χ0) is 24.1. The number of piperidine rings is 1. The maximum Gasteiger partial charge on any atom is 0.410 e. The van der Waals surface area contributed by atoms with Crippen LogP contribution in [0.2, 0.25) is 0 Å². The number of hydrogen-bond donors (Lipinski definition) is 0. The Balaban J connectivity index is 1.14. The highest BCUT2D eigenvalue weighted by Gasteiger charge is 2.39. The Morgan fingerprint density at radius 3 is 2.36 bits per heavy atom. The molecule has 1 aromatic heterocycles. The standard InChI is InChI=1S/C32H28N2O2/c35-32(36-20-30-27-12-3-1-10-25(27)26-11-2-4-13-28(26)30)34-22-8-7-9-23(34)19-21(18-22)24-16-17-33-31-15-6-5-14-29(24)31/h1-6,10-18,22-23,30H,7-9,19-20H2. The summed E-state index contributed by atoms with van der Waals surface area (Å²) in [5.74, 6) is 0.0836. The number of benzene rings is 3. The van der Waals surface area contributed by atoms with E-state index in [1.165, 1.54) is 38.8 Å². The predicted octanol–water partition coefficient (Wildman–Crippen LogP) is 7.19. The minimum absolute atomic E-state index is 0.0788. The molecule has 1 saturated heterocycles. The van der Waals surface area contributed by atoms with Crippen molar-refractivity contribution in [3.8, 4) is 11.1 Å². The lowest BCUT2D eigenvalue weighted by atomic mass is 9.82. The molecule has 2 unspecified atom stereocenters. The average Bonchev–Trinajstić information content (AvgIpc) is 3.24. The Bertz CT molecular complexity index is 1460. The lowest BCUT2D eigenvalue weighted by molar-refractivity contribution is 0.0539. The van der Waals surface area contributed by atoms with Gasteiger partial charge in [-0.1, -0.05) is 72.8 Å². The highest BCUT2D eigenvalue weighted by molar-refractivity contribution is 5.92. The molecule has 36 heavy (non-hydrogen) atoms. The first-order chi connectivity index (χ1) is 17.8. The smallest absolute Gasteiger partial charge is 0.410 e. The van der Waals surface area contributed by atoms with Crippen LogP contribution in [0, 0.1) is 0 Å². The van der Waals surface area contributed by atoms with Gasteiger partial charge >= 0.3 is 6.09 Å². The largest absolute Gasteiger partial charge is 0.448 e. The molecular weight excluding hydrogens is 444 g/mol. The summed E-state index contributed by atoms with van der Waals surface area (Å²) in [7, 11) is 0. The van der Waals surface area contributed by atoms with Crippen molar-refractivity contribution in [1.82, 2.24) is 9.88 Å². The van der Waals surface area contributed by atoms with Crippen molar-refractivity contribution < 1.29 is 9.53 Å². The Kier molecular flexibility index (Phi) is 5.12. The van der Waals surface area contributed by atoms with Gasteiger partial charge in [-0.05, 0) is 71.2 Å². The normalized spacial score (nSPS) is 20.6. The van der Waals surface area contributed by atoms with Crippen LogP contribution < -0.4 is 0 Å². The first kappa shape index (κ1) is 21.4. The minimum atomic E-state index is -0.179. The number of carbonyl (C=O) groups excluding carboxylic acids is 1. The quantitative estimate of drug-likeness (QED) is 0.317. The molecule has 2 bridgehead atoms. The third kappa shape index (κ3) is 3.43. The van der Waals surface area contributed by atoms with E-state index < -0.39 is 0 Å². The van der Waals surface area contributed by atoms with Gasteiger partial charge in [0.15, 0.2) is 0 Å². The number of aromatic nitrogens is 1. The Labute approximate surface area is 211 Å². The molecule has 0 N–H and O–H groups in total. The predicted molar refractivity (Wildman–Crippen MR) is 143 cm³/mol. The SMILES string of the molecule is O=C(OCC1c2ccccc2-c2ccccc21)N1C2C=C(c3ccnc4ccccc34)CC1CCC2. The van der Waals surface area contributed by atoms with Crippen molar-refractivity contribution >= 4 is 22.6 Å². The lowest BCUT2D eigenvalue weighted by Crippen LogP contribution is -2.51. The zero-order valence-electron chi connectivity index (χ0n) is 20.1. The summed E-state index contributed by atoms with van der Waals surface area (Å²) in [4.78, 5) is 20.1. The third-order valence-corrected chi connectivity index (χ3v) is 8.18. The molecule has 4 nitrogen and oxygen atoms in total. The number of fused-ring (bicyclic) bond motifs is 6. The van der Waals surface area contributed by atoms with E-state index in [4.69, 9.17) is 4.74 Å². The number of rotatable bonds is 3. The summed E-state index contributed by atoms with van der Waals surface area (Å²) >= 11 is 0. The van der Waals surface area contributed by atoms with Gasteiger partial charge in [-0.25, -0.2) is 4.79 Å². The van der Waals surface area contributed by atoms with Crippen LogP contribution in [0.1, 0.15) is 48.3 Å². The fourth-order valence-corrected chi connectivity index (χ4v) is 6.56. The van der Waals surface area contributed by atoms with E-state index in [0.717, 1.165) is 31.2 Å². The Morgan fingerprint density at radius 2 is 1.58 bits per heavy atom. The van der Waals surface area contributed by atoms with Crippen LogP contribution in [0.15, 0.2) is 91.1 Å². The molecule has 2 aliphatic heterocycles. The first-order valence-electron chi connectivity index (χ1n) is 13.0. The van der Waals surface area contributed by atoms with E-state index in [1.54, 1.807) is 0 Å². The lowest BCUT2D eigenvalue weighted by Gasteiger charge is -2.44. The fraction of sp³-hybridized carbons (Fsp3) is 0.250. The number of nitrogens with zero attached hydrogens (tertiary/aromatic N) is 2. The number of amides is 1. The van der Waals surface area contributed by atoms with E-state index >= 15 is 0 Å². The van der Waals surface area contributed by atoms with E-state index in [-0.39, 0.29) is 24.1 Å². The van der Waals surface area contributed by atoms with Crippen LogP contribution >= 0.6 is 0 Å². The molecule has 0 radical (unpaired) electrons. The zero-order valence-corrected chi connectivity index (χ0v) is 20.1. The molecule has 4 aromatic rings. The van der Waals surface area contributed by atoms with Gasteiger partial charge in [0.05, 0.1) is 11.6 Å². The van der Waals surface area contributed by atoms with Crippen LogP contribution in [0.25, 0.3) is 27.6 Å². The molecule has 7 rings (SSSR count). The van der Waals surface area contributed by atoms with Crippen molar-refractivity contribution in [3.05, 3.63) is 108 Å². The van der Waals surface area contributed by atoms with Gasteiger partial charge in [0.2, 0.25) is 0 Å². The van der Waals surface area contributed by atoms with E-state index in [0.29, 0.717) is 6.61 Å². The highest BCUT2D eigenvalue weighted by atomic mass is 16.6. The molecule has 178 valence electrons. The maximum atomic E-state index is 13.5. The molecule has 3 heterocycles. The summed E-state index contributed by atoms with van der Waals surface area (Å²) in [5.41, 5.74) is 8.58.